The third-order valence-corrected chi connectivity index (χ3v) is 16.3. The predicted molar refractivity (Wildman–Crippen MR) is 322 cm³/mol. The van der Waals surface area contributed by atoms with Crippen molar-refractivity contribution >= 4 is 11.7 Å². The number of ketones is 1. The minimum Gasteiger partial charge on any atom is -0.391 e. The van der Waals surface area contributed by atoms with Crippen molar-refractivity contribution in [1.82, 2.24) is 5.32 Å². The van der Waals surface area contributed by atoms with Crippen LogP contribution in [0.1, 0.15) is 412 Å². The van der Waals surface area contributed by atoms with E-state index in [0.29, 0.717) is 18.7 Å². The Bertz CT molecular complexity index is 1010. The van der Waals surface area contributed by atoms with Crippen molar-refractivity contribution < 1.29 is 14.7 Å². The molecule has 430 valence electrons. The lowest BCUT2D eigenvalue weighted by atomic mass is 10.0. The molecule has 0 rings (SSSR count). The molecule has 72 heavy (non-hydrogen) atoms. The Balaban J connectivity index is 3.22. The Morgan fingerprint density at radius 1 is 0.264 bits per heavy atom. The second-order valence-electron chi connectivity index (χ2n) is 23.8. The summed E-state index contributed by atoms with van der Waals surface area (Å²) in [4.78, 5) is 24.6. The number of aliphatic hydroxyl groups is 1. The molecule has 0 saturated carbocycles. The summed E-state index contributed by atoms with van der Waals surface area (Å²) in [5, 5.41) is 13.3. The van der Waals surface area contributed by atoms with E-state index in [4.69, 9.17) is 0 Å². The van der Waals surface area contributed by atoms with Gasteiger partial charge >= 0.3 is 0 Å². The third kappa shape index (κ3) is 63.4. The first kappa shape index (κ1) is 71.1. The second-order valence-corrected chi connectivity index (χ2v) is 23.8. The molecule has 0 aliphatic rings. The molecular formula is C68H135NO3. The van der Waals surface area contributed by atoms with E-state index in [1.54, 1.807) is 0 Å². The van der Waals surface area contributed by atoms with Crippen molar-refractivity contribution in [3.63, 3.8) is 0 Å². The normalized spacial score (nSPS) is 12.0. The largest absolute Gasteiger partial charge is 0.391 e. The van der Waals surface area contributed by atoms with Gasteiger partial charge in [-0.15, -0.1) is 0 Å². The molecule has 1 atom stereocenters. The molecule has 0 radical (unpaired) electrons. The first-order valence-corrected chi connectivity index (χ1v) is 34.1. The van der Waals surface area contributed by atoms with Crippen LogP contribution in [0.5, 0.6) is 0 Å². The maximum absolute atomic E-state index is 12.3. The average molecular weight is 1010 g/mol. The summed E-state index contributed by atoms with van der Waals surface area (Å²) in [6.45, 7) is 5.01. The van der Waals surface area contributed by atoms with Crippen LogP contribution < -0.4 is 5.32 Å². The SMILES string of the molecule is CCCCCCCCCCCCCCCCCCCC(=O)CCCCCCCCCCCCCCCCCCCCCCCCCCCCCC(=O)NCC(O)CCCCCCCCCCCCCCCC. The van der Waals surface area contributed by atoms with E-state index in [2.05, 4.69) is 19.2 Å². The maximum Gasteiger partial charge on any atom is 0.220 e. The molecule has 0 saturated heterocycles. The first-order valence-electron chi connectivity index (χ1n) is 34.1. The summed E-state index contributed by atoms with van der Waals surface area (Å²) in [5.74, 6) is 0.643. The highest BCUT2D eigenvalue weighted by Gasteiger charge is 2.08. The van der Waals surface area contributed by atoms with Gasteiger partial charge in [-0.05, 0) is 25.7 Å². The zero-order valence-electron chi connectivity index (χ0n) is 49.9. The van der Waals surface area contributed by atoms with E-state index in [0.717, 1.165) is 51.4 Å². The van der Waals surface area contributed by atoms with Gasteiger partial charge in [0.2, 0.25) is 5.91 Å². The predicted octanol–water partition coefficient (Wildman–Crippen LogP) is 23.3. The molecule has 0 aliphatic carbocycles. The zero-order valence-corrected chi connectivity index (χ0v) is 49.9. The number of rotatable bonds is 65. The van der Waals surface area contributed by atoms with Gasteiger partial charge in [-0.1, -0.05) is 367 Å². The molecule has 0 heterocycles. The molecule has 0 fully saturated rings. The number of amides is 1. The molecule has 0 aliphatic heterocycles. The highest BCUT2D eigenvalue weighted by Crippen LogP contribution is 2.19. The minimum atomic E-state index is -0.391. The van der Waals surface area contributed by atoms with Crippen LogP contribution in [0, 0.1) is 0 Å². The molecule has 4 nitrogen and oxygen atoms in total. The first-order chi connectivity index (χ1) is 35.6. The molecule has 0 bridgehead atoms. The Morgan fingerprint density at radius 3 is 0.667 bits per heavy atom. The Morgan fingerprint density at radius 2 is 0.444 bits per heavy atom. The molecule has 4 heteroatoms. The lowest BCUT2D eigenvalue weighted by molar-refractivity contribution is -0.121. The van der Waals surface area contributed by atoms with Crippen molar-refractivity contribution in [2.75, 3.05) is 6.54 Å². The van der Waals surface area contributed by atoms with Crippen LogP contribution in [0.15, 0.2) is 0 Å². The summed E-state index contributed by atoms with van der Waals surface area (Å²) >= 11 is 0. The summed E-state index contributed by atoms with van der Waals surface area (Å²) in [7, 11) is 0. The van der Waals surface area contributed by atoms with E-state index in [1.165, 1.54) is 340 Å². The van der Waals surface area contributed by atoms with Crippen molar-refractivity contribution in [3.05, 3.63) is 0 Å². The van der Waals surface area contributed by atoms with Crippen molar-refractivity contribution in [2.24, 2.45) is 0 Å². The van der Waals surface area contributed by atoms with Crippen LogP contribution in [0.4, 0.5) is 0 Å². The monoisotopic (exact) mass is 1010 g/mol. The number of unbranched alkanes of at least 4 members (excludes halogenated alkanes) is 55. The van der Waals surface area contributed by atoms with Crippen LogP contribution in [0.2, 0.25) is 0 Å². The number of hydrogen-bond donors (Lipinski definition) is 2. The van der Waals surface area contributed by atoms with Gasteiger partial charge in [-0.3, -0.25) is 9.59 Å². The topological polar surface area (TPSA) is 66.4 Å². The zero-order chi connectivity index (χ0) is 52.0. The van der Waals surface area contributed by atoms with Crippen LogP contribution in [0.3, 0.4) is 0 Å². The summed E-state index contributed by atoms with van der Waals surface area (Å²) in [6, 6.07) is 0. The highest BCUT2D eigenvalue weighted by molar-refractivity contribution is 5.78. The van der Waals surface area contributed by atoms with Crippen LogP contribution in [-0.2, 0) is 9.59 Å². The molecule has 2 N–H and O–H groups in total. The smallest absolute Gasteiger partial charge is 0.220 e. The molecular weight excluding hydrogens is 879 g/mol. The van der Waals surface area contributed by atoms with Crippen molar-refractivity contribution in [2.45, 2.75) is 418 Å². The minimum absolute atomic E-state index is 0.117. The van der Waals surface area contributed by atoms with Crippen LogP contribution in [-0.4, -0.2) is 29.4 Å². The fourth-order valence-corrected chi connectivity index (χ4v) is 11.2. The van der Waals surface area contributed by atoms with Crippen LogP contribution >= 0.6 is 0 Å². The van der Waals surface area contributed by atoms with Gasteiger partial charge < -0.3 is 10.4 Å². The van der Waals surface area contributed by atoms with Gasteiger partial charge in [0.15, 0.2) is 0 Å². The highest BCUT2D eigenvalue weighted by atomic mass is 16.3. The van der Waals surface area contributed by atoms with Gasteiger partial charge in [0.25, 0.3) is 0 Å². The Labute approximate surface area is 454 Å². The van der Waals surface area contributed by atoms with Gasteiger partial charge in [0.1, 0.15) is 5.78 Å². The quantitative estimate of drug-likeness (QED) is 0.0597. The third-order valence-electron chi connectivity index (χ3n) is 16.3. The van der Waals surface area contributed by atoms with E-state index in [9.17, 15) is 14.7 Å². The number of hydrogen-bond acceptors (Lipinski definition) is 3. The standard InChI is InChI=1S/C68H135NO3/c1-3-5-7-9-11-13-15-17-19-31-34-38-41-45-49-53-57-61-66(70)62-58-54-50-46-42-39-35-32-29-27-25-23-21-20-22-24-26-28-30-33-36-40-44-48-52-56-60-64-68(72)69-65-67(71)63-59-55-51-47-43-37-18-16-14-12-10-8-6-4-2/h67,71H,3-65H2,1-2H3,(H,69,72). The van der Waals surface area contributed by atoms with E-state index >= 15 is 0 Å². The van der Waals surface area contributed by atoms with Crippen molar-refractivity contribution in [3.8, 4) is 0 Å². The number of nitrogens with one attached hydrogen (secondary N) is 1. The lowest BCUT2D eigenvalue weighted by Gasteiger charge is -2.12. The molecule has 0 aromatic rings. The molecule has 1 unspecified atom stereocenters. The summed E-state index contributed by atoms with van der Waals surface area (Å²) in [5.41, 5.74) is 0. The molecule has 0 spiro atoms. The lowest BCUT2D eigenvalue weighted by Crippen LogP contribution is -2.31. The van der Waals surface area contributed by atoms with Gasteiger partial charge in [-0.2, -0.15) is 0 Å². The van der Waals surface area contributed by atoms with E-state index < -0.39 is 6.10 Å². The number of carbonyl (C=O) groups is 2. The number of aliphatic hydroxyl groups excluding tert-OH is 1. The fourth-order valence-electron chi connectivity index (χ4n) is 11.2. The molecule has 0 aromatic carbocycles. The maximum atomic E-state index is 12.3. The summed E-state index contributed by atoms with van der Waals surface area (Å²) < 4.78 is 0. The number of carbonyl (C=O) groups excluding carboxylic acids is 2. The van der Waals surface area contributed by atoms with Gasteiger partial charge in [0, 0.05) is 25.8 Å². The van der Waals surface area contributed by atoms with E-state index in [-0.39, 0.29) is 5.91 Å². The summed E-state index contributed by atoms with van der Waals surface area (Å²) in [6.07, 6.45) is 82.2. The average Bonchev–Trinajstić information content (AvgIpc) is 3.38. The number of Topliss-reactive ketones (excluding diaryl/α,β-unsaturated/α-hetero) is 1. The van der Waals surface area contributed by atoms with E-state index in [1.807, 2.05) is 0 Å². The molecule has 1 amide bonds. The van der Waals surface area contributed by atoms with Crippen molar-refractivity contribution in [1.29, 1.82) is 0 Å². The second kappa shape index (κ2) is 64.4. The van der Waals surface area contributed by atoms with Crippen LogP contribution in [0.25, 0.3) is 0 Å². The van der Waals surface area contributed by atoms with Gasteiger partial charge in [-0.25, -0.2) is 0 Å². The Hall–Kier alpha value is -0.900. The van der Waals surface area contributed by atoms with Gasteiger partial charge in [0.05, 0.1) is 6.10 Å². The fraction of sp³-hybridized carbons (Fsp3) is 0.971. The Kier molecular flexibility index (Phi) is 63.6. The molecule has 0 aromatic heterocycles.